The van der Waals surface area contributed by atoms with Crippen LogP contribution in [0.15, 0.2) is 24.3 Å². The molecule has 1 unspecified atom stereocenters. The van der Waals surface area contributed by atoms with Crippen molar-refractivity contribution < 1.29 is 32.5 Å². The lowest BCUT2D eigenvalue weighted by atomic mass is 10.1. The van der Waals surface area contributed by atoms with Gasteiger partial charge in [0.25, 0.3) is 5.91 Å². The second kappa shape index (κ2) is 11.6. The van der Waals surface area contributed by atoms with Crippen molar-refractivity contribution in [3.8, 4) is 0 Å². The van der Waals surface area contributed by atoms with E-state index >= 15 is 0 Å². The van der Waals surface area contributed by atoms with Crippen molar-refractivity contribution in [1.29, 1.82) is 0 Å². The van der Waals surface area contributed by atoms with E-state index < -0.39 is 18.0 Å². The average molecular weight is 470 g/mol. The fourth-order valence-electron chi connectivity index (χ4n) is 3.88. The number of alkyl halides is 3. The highest BCUT2D eigenvalue weighted by molar-refractivity contribution is 5.96. The van der Waals surface area contributed by atoms with Gasteiger partial charge in [-0.05, 0) is 38.2 Å². The van der Waals surface area contributed by atoms with Crippen LogP contribution in [0.2, 0.25) is 0 Å². The van der Waals surface area contributed by atoms with Crippen LogP contribution in [0.5, 0.6) is 0 Å². The largest absolute Gasteiger partial charge is 0.416 e. The summed E-state index contributed by atoms with van der Waals surface area (Å²) >= 11 is 0. The molecule has 1 aliphatic heterocycles. The molecule has 0 radical (unpaired) electrons. The first-order chi connectivity index (χ1) is 15.8. The molecule has 1 atom stereocenters. The number of nitrogens with one attached hydrogen (secondary N) is 1. The minimum atomic E-state index is -4.58. The highest BCUT2D eigenvalue weighted by atomic mass is 19.4. The van der Waals surface area contributed by atoms with Gasteiger partial charge in [-0.25, -0.2) is 0 Å². The van der Waals surface area contributed by atoms with Crippen molar-refractivity contribution in [2.75, 3.05) is 26.4 Å². The first kappa shape index (κ1) is 25.2. The van der Waals surface area contributed by atoms with Crippen molar-refractivity contribution >= 4 is 5.91 Å². The Kier molecular flexibility index (Phi) is 8.87. The van der Waals surface area contributed by atoms with Crippen LogP contribution < -0.4 is 5.32 Å². The maximum absolute atomic E-state index is 13.2. The number of aliphatic hydroxyl groups is 1. The van der Waals surface area contributed by atoms with E-state index in [1.807, 2.05) is 6.92 Å². The molecule has 182 valence electrons. The molecule has 0 saturated carbocycles. The minimum Gasteiger partial charge on any atom is -0.381 e. The minimum absolute atomic E-state index is 0.0265. The van der Waals surface area contributed by atoms with Gasteiger partial charge in [-0.15, -0.1) is 0 Å². The van der Waals surface area contributed by atoms with Gasteiger partial charge in [0.15, 0.2) is 6.29 Å². The second-order valence-corrected chi connectivity index (χ2v) is 7.83. The van der Waals surface area contributed by atoms with Gasteiger partial charge in [0, 0.05) is 31.9 Å². The topological polar surface area (TPSA) is 85.6 Å². The third-order valence-electron chi connectivity index (χ3n) is 5.47. The molecule has 2 heterocycles. The number of aromatic nitrogens is 2. The zero-order chi connectivity index (χ0) is 23.8. The maximum Gasteiger partial charge on any atom is 0.416 e. The van der Waals surface area contributed by atoms with Crippen LogP contribution in [0.4, 0.5) is 13.2 Å². The summed E-state index contributed by atoms with van der Waals surface area (Å²) in [4.78, 5) is 12.8. The number of benzene rings is 1. The van der Waals surface area contributed by atoms with E-state index in [1.165, 1.54) is 18.2 Å². The number of amides is 1. The van der Waals surface area contributed by atoms with Crippen LogP contribution in [-0.2, 0) is 35.0 Å². The Morgan fingerprint density at radius 3 is 2.79 bits per heavy atom. The van der Waals surface area contributed by atoms with E-state index in [1.54, 1.807) is 4.68 Å². The van der Waals surface area contributed by atoms with Crippen LogP contribution in [-0.4, -0.2) is 47.2 Å². The number of nitrogens with zero attached hydrogens (tertiary/aromatic N) is 2. The van der Waals surface area contributed by atoms with E-state index in [9.17, 15) is 23.1 Å². The molecule has 1 amide bonds. The SMILES string of the molecule is CCc1nn(CCCOC(O)c2ccccc2C(F)(F)F)c2c1C(=O)NCCCOCCC2. The molecule has 0 spiro atoms. The summed E-state index contributed by atoms with van der Waals surface area (Å²) in [5, 5.41) is 17.7. The molecule has 0 bridgehead atoms. The lowest BCUT2D eigenvalue weighted by molar-refractivity contribution is -0.147. The van der Waals surface area contributed by atoms with Gasteiger partial charge < -0.3 is 19.9 Å². The quantitative estimate of drug-likeness (QED) is 0.478. The summed E-state index contributed by atoms with van der Waals surface area (Å²) in [6, 6.07) is 4.81. The molecule has 1 aromatic carbocycles. The molecule has 0 saturated heterocycles. The first-order valence-electron chi connectivity index (χ1n) is 11.2. The number of ether oxygens (including phenoxy) is 2. The van der Waals surface area contributed by atoms with Crippen LogP contribution in [0.3, 0.4) is 0 Å². The van der Waals surface area contributed by atoms with E-state index in [0.717, 1.165) is 24.6 Å². The fourth-order valence-corrected chi connectivity index (χ4v) is 3.88. The molecule has 33 heavy (non-hydrogen) atoms. The lowest BCUT2D eigenvalue weighted by Crippen LogP contribution is -2.26. The Morgan fingerprint density at radius 2 is 2.03 bits per heavy atom. The first-order valence-corrected chi connectivity index (χ1v) is 11.2. The van der Waals surface area contributed by atoms with Gasteiger partial charge in [-0.3, -0.25) is 9.48 Å². The van der Waals surface area contributed by atoms with Crippen LogP contribution in [0.25, 0.3) is 0 Å². The van der Waals surface area contributed by atoms with Crippen molar-refractivity contribution in [1.82, 2.24) is 15.1 Å². The maximum atomic E-state index is 13.2. The summed E-state index contributed by atoms with van der Waals surface area (Å²) in [5.41, 5.74) is 0.886. The van der Waals surface area contributed by atoms with Crippen molar-refractivity contribution in [3.05, 3.63) is 52.3 Å². The third kappa shape index (κ3) is 6.55. The summed E-state index contributed by atoms with van der Waals surface area (Å²) < 4.78 is 52.2. The standard InChI is InChI=1S/C23H30F3N3O4/c1-2-18-20-19(10-5-13-32-14-6-11-27-21(20)30)29(28-18)12-7-15-33-22(31)16-8-3-4-9-17(16)23(24,25)26/h3-4,8-9,22,31H,2,5-7,10-15H2,1H3,(H,27,30). The Hall–Kier alpha value is -2.43. The van der Waals surface area contributed by atoms with Gasteiger partial charge in [-0.1, -0.05) is 25.1 Å². The average Bonchev–Trinajstić information content (AvgIpc) is 3.13. The number of carbonyl (C=O) groups excluding carboxylic acids is 1. The Morgan fingerprint density at radius 1 is 1.27 bits per heavy atom. The number of aryl methyl sites for hydroxylation is 2. The zero-order valence-corrected chi connectivity index (χ0v) is 18.7. The molecular weight excluding hydrogens is 439 g/mol. The molecule has 10 heteroatoms. The fraction of sp³-hybridized carbons (Fsp3) is 0.565. The number of aliphatic hydroxyl groups excluding tert-OH is 1. The van der Waals surface area contributed by atoms with Crippen LogP contribution in [0, 0.1) is 0 Å². The zero-order valence-electron chi connectivity index (χ0n) is 18.7. The van der Waals surface area contributed by atoms with Gasteiger partial charge in [0.05, 0.1) is 29.1 Å². The molecule has 7 nitrogen and oxygen atoms in total. The van der Waals surface area contributed by atoms with Gasteiger partial charge in [0.1, 0.15) is 0 Å². The molecule has 0 aliphatic carbocycles. The monoisotopic (exact) mass is 469 g/mol. The van der Waals surface area contributed by atoms with Gasteiger partial charge in [0.2, 0.25) is 0 Å². The molecule has 0 fully saturated rings. The molecule has 1 aromatic heterocycles. The number of hydrogen-bond donors (Lipinski definition) is 2. The molecule has 2 N–H and O–H groups in total. The molecular formula is C23H30F3N3O4. The molecule has 3 rings (SSSR count). The van der Waals surface area contributed by atoms with E-state index in [4.69, 9.17) is 9.47 Å². The van der Waals surface area contributed by atoms with Gasteiger partial charge in [-0.2, -0.15) is 18.3 Å². The summed E-state index contributed by atoms with van der Waals surface area (Å²) in [6.45, 7) is 4.08. The van der Waals surface area contributed by atoms with E-state index in [-0.39, 0.29) is 18.1 Å². The lowest BCUT2D eigenvalue weighted by Gasteiger charge is -2.18. The normalized spacial score (nSPS) is 16.6. The summed E-state index contributed by atoms with van der Waals surface area (Å²) in [6.07, 6.45) is -3.15. The van der Waals surface area contributed by atoms with Crippen molar-refractivity contribution in [2.45, 2.75) is 58.0 Å². The van der Waals surface area contributed by atoms with Crippen molar-refractivity contribution in [2.24, 2.45) is 0 Å². The Balaban J connectivity index is 1.67. The third-order valence-corrected chi connectivity index (χ3v) is 5.47. The van der Waals surface area contributed by atoms with Crippen molar-refractivity contribution in [3.63, 3.8) is 0 Å². The number of fused-ring (bicyclic) bond motifs is 1. The van der Waals surface area contributed by atoms with Gasteiger partial charge >= 0.3 is 6.18 Å². The predicted octanol–water partition coefficient (Wildman–Crippen LogP) is 3.64. The van der Waals surface area contributed by atoms with E-state index in [0.29, 0.717) is 56.8 Å². The smallest absolute Gasteiger partial charge is 0.381 e. The molecule has 1 aliphatic rings. The number of halogens is 3. The Bertz CT molecular complexity index is 930. The number of carbonyl (C=O) groups is 1. The highest BCUT2D eigenvalue weighted by Crippen LogP contribution is 2.34. The van der Waals surface area contributed by atoms with Crippen LogP contribution >= 0.6 is 0 Å². The Labute approximate surface area is 190 Å². The molecule has 2 aromatic rings. The summed E-state index contributed by atoms with van der Waals surface area (Å²) in [5.74, 6) is -0.148. The summed E-state index contributed by atoms with van der Waals surface area (Å²) in [7, 11) is 0. The predicted molar refractivity (Wildman–Crippen MR) is 115 cm³/mol. The second-order valence-electron chi connectivity index (χ2n) is 7.83. The number of rotatable bonds is 7. The highest BCUT2D eigenvalue weighted by Gasteiger charge is 2.34. The van der Waals surface area contributed by atoms with E-state index in [2.05, 4.69) is 10.4 Å². The van der Waals surface area contributed by atoms with Crippen LogP contribution in [0.1, 0.15) is 65.3 Å². The number of hydrogen-bond acceptors (Lipinski definition) is 5.